The lowest BCUT2D eigenvalue weighted by atomic mass is 9.96. The van der Waals surface area contributed by atoms with E-state index in [2.05, 4.69) is 0 Å². The molecule has 3 rings (SSSR count). The molecule has 0 unspecified atom stereocenters. The molecule has 0 aromatic heterocycles. The van der Waals surface area contributed by atoms with E-state index in [4.69, 9.17) is 14.6 Å². The number of fused-ring (bicyclic) bond motifs is 1. The molecule has 0 spiro atoms. The summed E-state index contributed by atoms with van der Waals surface area (Å²) in [5.41, 5.74) is 0.773. The molecule has 0 saturated carbocycles. The number of ether oxygens (including phenoxy) is 2. The molecule has 1 N–H and O–H groups in total. The van der Waals surface area contributed by atoms with Gasteiger partial charge in [-0.15, -0.1) is 0 Å². The minimum atomic E-state index is -4.51. The van der Waals surface area contributed by atoms with E-state index < -0.39 is 24.0 Å². The predicted octanol–water partition coefficient (Wildman–Crippen LogP) is 2.93. The summed E-state index contributed by atoms with van der Waals surface area (Å²) in [6.45, 7) is 0.992. The van der Waals surface area contributed by atoms with Crippen LogP contribution in [0.15, 0.2) is 18.2 Å². The van der Waals surface area contributed by atoms with Crippen molar-refractivity contribution in [3.8, 4) is 11.5 Å². The second-order valence-corrected chi connectivity index (χ2v) is 6.47. The molecule has 1 fully saturated rings. The van der Waals surface area contributed by atoms with Gasteiger partial charge in [-0.05, 0) is 30.5 Å². The normalized spacial score (nSPS) is 24.6. The van der Waals surface area contributed by atoms with E-state index in [9.17, 15) is 18.0 Å². The van der Waals surface area contributed by atoms with Crippen molar-refractivity contribution in [3.63, 3.8) is 0 Å². The van der Waals surface area contributed by atoms with E-state index in [-0.39, 0.29) is 19.6 Å². The van der Waals surface area contributed by atoms with Crippen molar-refractivity contribution >= 4 is 5.97 Å². The standard InChI is InChI=1S/C17H20F3NO4/c18-17(19,20)13-10-21(9-12(13)16(22)23)8-11-3-4-14-15(7-11)25-6-2-1-5-24-14/h3-4,7,12-13H,1-2,5-6,8-10H2,(H,22,23)/t12-,13-/m1/s1. The Balaban J connectivity index is 1.72. The second-order valence-electron chi connectivity index (χ2n) is 6.47. The van der Waals surface area contributed by atoms with Gasteiger partial charge in [-0.25, -0.2) is 0 Å². The Bertz CT molecular complexity index is 635. The smallest absolute Gasteiger partial charge is 0.393 e. The molecule has 25 heavy (non-hydrogen) atoms. The van der Waals surface area contributed by atoms with E-state index in [1.807, 2.05) is 0 Å². The summed E-state index contributed by atoms with van der Waals surface area (Å²) >= 11 is 0. The van der Waals surface area contributed by atoms with Crippen LogP contribution in [0, 0.1) is 11.8 Å². The molecule has 8 heteroatoms. The Kier molecular flexibility index (Phi) is 5.08. The summed E-state index contributed by atoms with van der Waals surface area (Å²) < 4.78 is 50.4. The van der Waals surface area contributed by atoms with Crippen molar-refractivity contribution < 1.29 is 32.5 Å². The van der Waals surface area contributed by atoms with Crippen molar-refractivity contribution in [2.45, 2.75) is 25.6 Å². The lowest BCUT2D eigenvalue weighted by Crippen LogP contribution is -2.33. The zero-order valence-corrected chi connectivity index (χ0v) is 13.6. The Hall–Kier alpha value is -1.96. The highest BCUT2D eigenvalue weighted by Crippen LogP contribution is 2.38. The van der Waals surface area contributed by atoms with E-state index in [1.54, 1.807) is 18.2 Å². The molecular weight excluding hydrogens is 339 g/mol. The number of benzene rings is 1. The molecule has 2 heterocycles. The Morgan fingerprint density at radius 3 is 2.44 bits per heavy atom. The quantitative estimate of drug-likeness (QED) is 0.899. The third-order valence-electron chi connectivity index (χ3n) is 4.60. The maximum atomic E-state index is 13.1. The van der Waals surface area contributed by atoms with E-state index >= 15 is 0 Å². The summed E-state index contributed by atoms with van der Waals surface area (Å²) in [5.74, 6) is -3.46. The minimum Gasteiger partial charge on any atom is -0.490 e. The van der Waals surface area contributed by atoms with Crippen molar-refractivity contribution in [2.24, 2.45) is 11.8 Å². The molecule has 2 aliphatic heterocycles. The maximum absolute atomic E-state index is 13.1. The van der Waals surface area contributed by atoms with Gasteiger partial charge in [-0.2, -0.15) is 13.2 Å². The number of hydrogen-bond acceptors (Lipinski definition) is 4. The molecule has 1 saturated heterocycles. The van der Waals surface area contributed by atoms with E-state index in [0.717, 1.165) is 18.4 Å². The average molecular weight is 359 g/mol. The molecule has 2 atom stereocenters. The predicted molar refractivity (Wildman–Crippen MR) is 82.6 cm³/mol. The van der Waals surface area contributed by atoms with Gasteiger partial charge in [-0.1, -0.05) is 6.07 Å². The van der Waals surface area contributed by atoms with Crippen LogP contribution in [-0.4, -0.2) is 48.5 Å². The van der Waals surface area contributed by atoms with Crippen LogP contribution < -0.4 is 9.47 Å². The van der Waals surface area contributed by atoms with Crippen molar-refractivity contribution in [3.05, 3.63) is 23.8 Å². The van der Waals surface area contributed by atoms with Gasteiger partial charge in [0.2, 0.25) is 0 Å². The summed E-state index contributed by atoms with van der Waals surface area (Å²) in [6, 6.07) is 5.29. The fourth-order valence-corrected chi connectivity index (χ4v) is 3.31. The number of nitrogens with zero attached hydrogens (tertiary/aromatic N) is 1. The van der Waals surface area contributed by atoms with Crippen LogP contribution in [-0.2, 0) is 11.3 Å². The molecule has 2 aliphatic rings. The van der Waals surface area contributed by atoms with Gasteiger partial charge >= 0.3 is 12.1 Å². The average Bonchev–Trinajstić information content (AvgIpc) is 2.93. The number of aliphatic carboxylic acids is 1. The van der Waals surface area contributed by atoms with Crippen LogP contribution in [0.2, 0.25) is 0 Å². The van der Waals surface area contributed by atoms with Gasteiger partial charge in [0.25, 0.3) is 0 Å². The topological polar surface area (TPSA) is 59.0 Å². The van der Waals surface area contributed by atoms with Crippen LogP contribution in [0.3, 0.4) is 0 Å². The fourth-order valence-electron chi connectivity index (χ4n) is 3.31. The molecule has 0 aliphatic carbocycles. The number of carboxylic acid groups (broad SMARTS) is 1. The molecule has 138 valence electrons. The van der Waals surface area contributed by atoms with Gasteiger partial charge in [0.1, 0.15) is 0 Å². The zero-order chi connectivity index (χ0) is 18.0. The molecule has 1 aromatic rings. The highest BCUT2D eigenvalue weighted by atomic mass is 19.4. The Morgan fingerprint density at radius 1 is 1.16 bits per heavy atom. The number of hydrogen-bond donors (Lipinski definition) is 1. The van der Waals surface area contributed by atoms with Gasteiger partial charge < -0.3 is 14.6 Å². The first-order chi connectivity index (χ1) is 11.8. The fraction of sp³-hybridized carbons (Fsp3) is 0.588. The molecule has 5 nitrogen and oxygen atoms in total. The molecule has 0 amide bonds. The maximum Gasteiger partial charge on any atom is 0.393 e. The molecule has 0 radical (unpaired) electrons. The highest BCUT2D eigenvalue weighted by Gasteiger charge is 2.52. The lowest BCUT2D eigenvalue weighted by Gasteiger charge is -2.20. The van der Waals surface area contributed by atoms with Crippen LogP contribution in [0.5, 0.6) is 11.5 Å². The third-order valence-corrected chi connectivity index (χ3v) is 4.60. The minimum absolute atomic E-state index is 0.117. The summed E-state index contributed by atoms with van der Waals surface area (Å²) in [7, 11) is 0. The summed E-state index contributed by atoms with van der Waals surface area (Å²) in [5, 5.41) is 9.08. The van der Waals surface area contributed by atoms with Crippen molar-refractivity contribution in [2.75, 3.05) is 26.3 Å². The zero-order valence-electron chi connectivity index (χ0n) is 13.6. The van der Waals surface area contributed by atoms with Crippen LogP contribution in [0.25, 0.3) is 0 Å². The number of alkyl halides is 3. The van der Waals surface area contributed by atoms with E-state index in [1.165, 1.54) is 4.90 Å². The first-order valence-corrected chi connectivity index (χ1v) is 8.25. The van der Waals surface area contributed by atoms with Crippen LogP contribution >= 0.6 is 0 Å². The van der Waals surface area contributed by atoms with Crippen molar-refractivity contribution in [1.82, 2.24) is 4.90 Å². The van der Waals surface area contributed by atoms with Crippen LogP contribution in [0.4, 0.5) is 13.2 Å². The summed E-state index contributed by atoms with van der Waals surface area (Å²) in [4.78, 5) is 12.7. The lowest BCUT2D eigenvalue weighted by molar-refractivity contribution is -0.188. The number of carboxylic acids is 1. The van der Waals surface area contributed by atoms with Crippen molar-refractivity contribution in [1.29, 1.82) is 0 Å². The van der Waals surface area contributed by atoms with Gasteiger partial charge in [-0.3, -0.25) is 9.69 Å². The number of carbonyl (C=O) groups is 1. The monoisotopic (exact) mass is 359 g/mol. The van der Waals surface area contributed by atoms with Gasteiger partial charge in [0.05, 0.1) is 25.0 Å². The highest BCUT2D eigenvalue weighted by molar-refractivity contribution is 5.71. The van der Waals surface area contributed by atoms with Gasteiger partial charge in [0.15, 0.2) is 11.5 Å². The van der Waals surface area contributed by atoms with E-state index in [0.29, 0.717) is 24.7 Å². The Morgan fingerprint density at radius 2 is 1.84 bits per heavy atom. The van der Waals surface area contributed by atoms with Crippen LogP contribution in [0.1, 0.15) is 18.4 Å². The largest absolute Gasteiger partial charge is 0.490 e. The SMILES string of the molecule is O=C(O)[C@@H]1CN(Cc2ccc3c(c2)OCCCCO3)C[C@H]1C(F)(F)F. The first-order valence-electron chi connectivity index (χ1n) is 8.25. The number of likely N-dealkylation sites (tertiary alicyclic amines) is 1. The number of rotatable bonds is 3. The first kappa shape index (κ1) is 17.8. The Labute approximate surface area is 143 Å². The molecule has 0 bridgehead atoms. The van der Waals surface area contributed by atoms with Gasteiger partial charge in [0, 0.05) is 19.6 Å². The molecular formula is C17H20F3NO4. The molecule has 1 aromatic carbocycles. The number of halogens is 3. The third kappa shape index (κ3) is 4.18. The second kappa shape index (κ2) is 7.11. The summed E-state index contributed by atoms with van der Waals surface area (Å²) in [6.07, 6.45) is -2.73.